The fourth-order valence-corrected chi connectivity index (χ4v) is 2.14. The third-order valence-corrected chi connectivity index (χ3v) is 3.37. The van der Waals surface area contributed by atoms with E-state index in [1.54, 1.807) is 0 Å². The maximum atomic E-state index is 10.8. The molecule has 0 bridgehead atoms. The van der Waals surface area contributed by atoms with Gasteiger partial charge in [-0.3, -0.25) is 4.90 Å². The average Bonchev–Trinajstić information content (AvgIpc) is 2.17. The lowest BCUT2D eigenvalue weighted by molar-refractivity contribution is -0.158. The smallest absolute Gasteiger partial charge is 0.336 e. The van der Waals surface area contributed by atoms with Gasteiger partial charge in [0.25, 0.3) is 0 Å². The van der Waals surface area contributed by atoms with Crippen molar-refractivity contribution in [1.82, 2.24) is 4.90 Å². The predicted octanol–water partition coefficient (Wildman–Crippen LogP) is -0.119. The number of carbonyl (C=O) groups is 1. The molecular weight excluding hydrogens is 208 g/mol. The number of carboxylic acid groups (broad SMARTS) is 1. The second-order valence-electron chi connectivity index (χ2n) is 5.05. The Morgan fingerprint density at radius 2 is 2.06 bits per heavy atom. The molecule has 1 fully saturated rings. The van der Waals surface area contributed by atoms with Crippen LogP contribution in [0.1, 0.15) is 26.7 Å². The van der Waals surface area contributed by atoms with Crippen LogP contribution in [0.25, 0.3) is 0 Å². The van der Waals surface area contributed by atoms with E-state index in [0.29, 0.717) is 5.92 Å². The van der Waals surface area contributed by atoms with Crippen LogP contribution in [0, 0.1) is 5.92 Å². The lowest BCUT2D eigenvalue weighted by atomic mass is 9.90. The van der Waals surface area contributed by atoms with Gasteiger partial charge < -0.3 is 15.9 Å². The summed E-state index contributed by atoms with van der Waals surface area (Å²) < 4.78 is 0. The zero-order chi connectivity index (χ0) is 12.3. The third kappa shape index (κ3) is 3.43. The maximum absolute atomic E-state index is 10.8. The lowest BCUT2D eigenvalue weighted by Gasteiger charge is -2.36. The molecule has 0 aliphatic carbocycles. The summed E-state index contributed by atoms with van der Waals surface area (Å²) in [5.74, 6) is -0.646. The van der Waals surface area contributed by atoms with Crippen molar-refractivity contribution in [3.8, 4) is 0 Å². The molecule has 1 rings (SSSR count). The van der Waals surface area contributed by atoms with Crippen LogP contribution in [-0.4, -0.2) is 52.4 Å². The Balaban J connectivity index is 2.40. The number of piperidine rings is 1. The third-order valence-electron chi connectivity index (χ3n) is 3.37. The molecule has 1 heterocycles. The van der Waals surface area contributed by atoms with Gasteiger partial charge >= 0.3 is 5.97 Å². The van der Waals surface area contributed by atoms with E-state index in [4.69, 9.17) is 10.8 Å². The van der Waals surface area contributed by atoms with E-state index >= 15 is 0 Å². The van der Waals surface area contributed by atoms with Gasteiger partial charge in [-0.2, -0.15) is 0 Å². The summed E-state index contributed by atoms with van der Waals surface area (Å²) >= 11 is 0. The number of carboxylic acids is 1. The highest BCUT2D eigenvalue weighted by atomic mass is 16.4. The van der Waals surface area contributed by atoms with Crippen LogP contribution >= 0.6 is 0 Å². The first-order valence-electron chi connectivity index (χ1n) is 5.76. The van der Waals surface area contributed by atoms with E-state index < -0.39 is 11.6 Å². The van der Waals surface area contributed by atoms with Gasteiger partial charge in [-0.25, -0.2) is 4.79 Å². The number of rotatable bonds is 4. The summed E-state index contributed by atoms with van der Waals surface area (Å²) in [7, 11) is 0. The molecule has 0 saturated carbocycles. The number of likely N-dealkylation sites (tertiary alicyclic amines) is 1. The number of nitrogens with two attached hydrogens (primary N) is 1. The number of hydrogen-bond donors (Lipinski definition) is 3. The highest BCUT2D eigenvalue weighted by Gasteiger charge is 2.33. The standard InChI is InChI=1S/C11H22N2O3/c1-8(12)9-3-5-13(6-4-9)7-11(2,16)10(14)15/h8-9,16H,3-7,12H2,1-2H3,(H,14,15). The molecule has 0 amide bonds. The molecule has 16 heavy (non-hydrogen) atoms. The normalized spacial score (nSPS) is 25.0. The van der Waals surface area contributed by atoms with Crippen molar-refractivity contribution in [1.29, 1.82) is 0 Å². The predicted molar refractivity (Wildman–Crippen MR) is 61.1 cm³/mol. The van der Waals surface area contributed by atoms with Crippen molar-refractivity contribution in [2.45, 2.75) is 38.3 Å². The summed E-state index contributed by atoms with van der Waals surface area (Å²) in [5, 5.41) is 18.5. The second-order valence-corrected chi connectivity index (χ2v) is 5.05. The van der Waals surface area contributed by atoms with E-state index in [0.717, 1.165) is 25.9 Å². The summed E-state index contributed by atoms with van der Waals surface area (Å²) in [6, 6.07) is 0.196. The highest BCUT2D eigenvalue weighted by molar-refractivity contribution is 5.76. The Bertz CT molecular complexity index is 246. The first-order valence-corrected chi connectivity index (χ1v) is 5.76. The molecule has 0 radical (unpaired) electrons. The Morgan fingerprint density at radius 3 is 2.44 bits per heavy atom. The van der Waals surface area contributed by atoms with Gasteiger partial charge in [0.15, 0.2) is 5.60 Å². The Labute approximate surface area is 96.2 Å². The van der Waals surface area contributed by atoms with E-state index in [-0.39, 0.29) is 12.6 Å². The molecule has 5 nitrogen and oxygen atoms in total. The average molecular weight is 230 g/mol. The van der Waals surface area contributed by atoms with Crippen molar-refractivity contribution in [3.05, 3.63) is 0 Å². The highest BCUT2D eigenvalue weighted by Crippen LogP contribution is 2.21. The van der Waals surface area contributed by atoms with Gasteiger partial charge in [0.1, 0.15) is 0 Å². The van der Waals surface area contributed by atoms with Crippen molar-refractivity contribution in [2.75, 3.05) is 19.6 Å². The molecule has 2 unspecified atom stereocenters. The van der Waals surface area contributed by atoms with Gasteiger partial charge in [0, 0.05) is 12.6 Å². The first-order chi connectivity index (χ1) is 7.33. The van der Waals surface area contributed by atoms with Crippen molar-refractivity contribution in [2.24, 2.45) is 11.7 Å². The SMILES string of the molecule is CC(N)C1CCN(CC(C)(O)C(=O)O)CC1. The van der Waals surface area contributed by atoms with Crippen LogP contribution in [0.3, 0.4) is 0 Å². The molecule has 0 aromatic carbocycles. The molecule has 0 spiro atoms. The first kappa shape index (κ1) is 13.4. The fourth-order valence-electron chi connectivity index (χ4n) is 2.14. The van der Waals surface area contributed by atoms with Crippen LogP contribution in [0.2, 0.25) is 0 Å². The summed E-state index contributed by atoms with van der Waals surface area (Å²) in [6.07, 6.45) is 1.96. The number of aliphatic carboxylic acids is 1. The number of aliphatic hydroxyl groups is 1. The van der Waals surface area contributed by atoms with E-state index in [1.807, 2.05) is 11.8 Å². The lowest BCUT2D eigenvalue weighted by Crippen LogP contribution is -2.50. The zero-order valence-electron chi connectivity index (χ0n) is 10.0. The molecule has 2 atom stereocenters. The minimum Gasteiger partial charge on any atom is -0.479 e. The molecule has 94 valence electrons. The molecule has 5 heteroatoms. The van der Waals surface area contributed by atoms with Gasteiger partial charge in [0.2, 0.25) is 0 Å². The molecular formula is C11H22N2O3. The maximum Gasteiger partial charge on any atom is 0.336 e. The van der Waals surface area contributed by atoms with Crippen LogP contribution in [0.5, 0.6) is 0 Å². The monoisotopic (exact) mass is 230 g/mol. The Kier molecular flexibility index (Phi) is 4.29. The van der Waals surface area contributed by atoms with Gasteiger partial charge in [-0.15, -0.1) is 0 Å². The number of hydrogen-bond acceptors (Lipinski definition) is 4. The Morgan fingerprint density at radius 1 is 1.56 bits per heavy atom. The Hall–Kier alpha value is -0.650. The second kappa shape index (κ2) is 5.12. The minimum atomic E-state index is -1.65. The number of nitrogens with zero attached hydrogens (tertiary/aromatic N) is 1. The van der Waals surface area contributed by atoms with Crippen LogP contribution < -0.4 is 5.73 Å². The minimum absolute atomic E-state index is 0.188. The summed E-state index contributed by atoms with van der Waals surface area (Å²) in [4.78, 5) is 12.8. The van der Waals surface area contributed by atoms with Crippen molar-refractivity contribution < 1.29 is 15.0 Å². The quantitative estimate of drug-likeness (QED) is 0.627. The largest absolute Gasteiger partial charge is 0.479 e. The van der Waals surface area contributed by atoms with Crippen molar-refractivity contribution >= 4 is 5.97 Å². The molecule has 0 aromatic rings. The molecule has 0 aromatic heterocycles. The summed E-state index contributed by atoms with van der Waals surface area (Å²) in [5.41, 5.74) is 4.17. The van der Waals surface area contributed by atoms with E-state index in [2.05, 4.69) is 0 Å². The van der Waals surface area contributed by atoms with Crippen LogP contribution in [0.15, 0.2) is 0 Å². The summed E-state index contributed by atoms with van der Waals surface area (Å²) in [6.45, 7) is 5.17. The molecule has 1 aliphatic rings. The molecule has 4 N–H and O–H groups in total. The van der Waals surface area contributed by atoms with E-state index in [9.17, 15) is 9.90 Å². The zero-order valence-corrected chi connectivity index (χ0v) is 10.0. The van der Waals surface area contributed by atoms with Gasteiger partial charge in [-0.1, -0.05) is 0 Å². The number of β-amino-alcohol motifs (C(OH)–C–C–N with tert-alkyl or cyclic N) is 1. The van der Waals surface area contributed by atoms with Crippen LogP contribution in [0.4, 0.5) is 0 Å². The van der Waals surface area contributed by atoms with E-state index in [1.165, 1.54) is 6.92 Å². The topological polar surface area (TPSA) is 86.8 Å². The van der Waals surface area contributed by atoms with Crippen LogP contribution in [-0.2, 0) is 4.79 Å². The van der Waals surface area contributed by atoms with Crippen molar-refractivity contribution in [3.63, 3.8) is 0 Å². The van der Waals surface area contributed by atoms with Gasteiger partial charge in [0.05, 0.1) is 0 Å². The fraction of sp³-hybridized carbons (Fsp3) is 0.909. The molecule has 1 saturated heterocycles. The molecule has 1 aliphatic heterocycles. The van der Waals surface area contributed by atoms with Gasteiger partial charge in [-0.05, 0) is 45.7 Å².